The zero-order valence-electron chi connectivity index (χ0n) is 15.1. The maximum Gasteiger partial charge on any atom is 0.235 e. The highest BCUT2D eigenvalue weighted by Gasteiger charge is 2.37. The van der Waals surface area contributed by atoms with E-state index in [1.54, 1.807) is 0 Å². The van der Waals surface area contributed by atoms with Crippen LogP contribution in [0.1, 0.15) is 62.5 Å². The number of amides is 1. The highest BCUT2D eigenvalue weighted by atomic mass is 32.2. The monoisotopic (exact) mass is 363 g/mol. The molecule has 4 nitrogen and oxygen atoms in total. The Morgan fingerprint density at radius 3 is 2.48 bits per heavy atom. The maximum absolute atomic E-state index is 12.4. The van der Waals surface area contributed by atoms with Crippen molar-refractivity contribution in [3.8, 4) is 0 Å². The lowest BCUT2D eigenvalue weighted by atomic mass is 9.78. The van der Waals surface area contributed by atoms with Gasteiger partial charge in [0.2, 0.25) is 5.91 Å². The van der Waals surface area contributed by atoms with Gasteiger partial charge in [-0.3, -0.25) is 4.79 Å². The summed E-state index contributed by atoms with van der Waals surface area (Å²) in [7, 11) is -3.31. The smallest absolute Gasteiger partial charge is 0.235 e. The molecule has 0 unspecified atom stereocenters. The number of nitrogens with one attached hydrogen (secondary N) is 1. The second kappa shape index (κ2) is 7.48. The summed E-state index contributed by atoms with van der Waals surface area (Å²) >= 11 is 0. The van der Waals surface area contributed by atoms with Crippen molar-refractivity contribution in [2.75, 3.05) is 12.3 Å². The number of rotatable bonds is 6. The summed E-state index contributed by atoms with van der Waals surface area (Å²) in [6, 6.07) is 8.49. The van der Waals surface area contributed by atoms with Gasteiger partial charge in [0, 0.05) is 12.0 Å². The van der Waals surface area contributed by atoms with Crippen molar-refractivity contribution in [1.29, 1.82) is 0 Å². The van der Waals surface area contributed by atoms with Crippen LogP contribution in [-0.4, -0.2) is 31.9 Å². The molecule has 1 aromatic rings. The Morgan fingerprint density at radius 1 is 1.16 bits per heavy atom. The predicted molar refractivity (Wildman–Crippen MR) is 100 cm³/mol. The Kier molecular flexibility index (Phi) is 5.52. The third-order valence-corrected chi connectivity index (χ3v) is 8.11. The molecule has 0 atom stereocenters. The fourth-order valence-corrected chi connectivity index (χ4v) is 6.22. The third-order valence-electron chi connectivity index (χ3n) is 5.96. The molecular weight excluding hydrogens is 334 g/mol. The third kappa shape index (κ3) is 4.25. The van der Waals surface area contributed by atoms with Gasteiger partial charge in [0.05, 0.1) is 5.25 Å². The van der Waals surface area contributed by atoms with E-state index in [2.05, 4.69) is 36.5 Å². The van der Waals surface area contributed by atoms with E-state index >= 15 is 0 Å². The van der Waals surface area contributed by atoms with Crippen LogP contribution >= 0.6 is 0 Å². The molecule has 138 valence electrons. The van der Waals surface area contributed by atoms with Gasteiger partial charge in [0.15, 0.2) is 9.84 Å². The molecule has 25 heavy (non-hydrogen) atoms. The summed E-state index contributed by atoms with van der Waals surface area (Å²) in [5.74, 6) is -0.701. The molecule has 2 fully saturated rings. The van der Waals surface area contributed by atoms with E-state index in [1.165, 1.54) is 11.1 Å². The second-order valence-electron chi connectivity index (χ2n) is 7.85. The minimum Gasteiger partial charge on any atom is -0.354 e. The molecular formula is C20H29NO3S. The SMILES string of the molecule is Cc1cccc(C2(CNC(=O)CS(=O)(=O)C3CCCC3)CCCC2)c1. The van der Waals surface area contributed by atoms with E-state index in [0.29, 0.717) is 19.4 Å². The summed E-state index contributed by atoms with van der Waals surface area (Å²) in [5, 5.41) is 2.64. The molecule has 0 aliphatic heterocycles. The van der Waals surface area contributed by atoms with Crippen LogP contribution in [-0.2, 0) is 20.0 Å². The average Bonchev–Trinajstić information content (AvgIpc) is 3.25. The molecule has 3 rings (SSSR count). The molecule has 0 bridgehead atoms. The van der Waals surface area contributed by atoms with E-state index in [0.717, 1.165) is 38.5 Å². The quantitative estimate of drug-likeness (QED) is 0.844. The number of carbonyl (C=O) groups is 1. The first-order chi connectivity index (χ1) is 11.9. The van der Waals surface area contributed by atoms with Crippen LogP contribution < -0.4 is 5.32 Å². The topological polar surface area (TPSA) is 63.2 Å². The molecule has 0 spiro atoms. The first-order valence-electron chi connectivity index (χ1n) is 9.47. The van der Waals surface area contributed by atoms with Gasteiger partial charge in [0.1, 0.15) is 5.75 Å². The van der Waals surface area contributed by atoms with E-state index in [9.17, 15) is 13.2 Å². The fourth-order valence-electron chi connectivity index (χ4n) is 4.46. The van der Waals surface area contributed by atoms with Crippen molar-refractivity contribution < 1.29 is 13.2 Å². The maximum atomic E-state index is 12.4. The minimum atomic E-state index is -3.31. The van der Waals surface area contributed by atoms with Crippen LogP contribution in [0.15, 0.2) is 24.3 Å². The summed E-state index contributed by atoms with van der Waals surface area (Å²) < 4.78 is 24.7. The van der Waals surface area contributed by atoms with Crippen LogP contribution in [0.3, 0.4) is 0 Å². The lowest BCUT2D eigenvalue weighted by Crippen LogP contribution is -2.42. The molecule has 0 saturated heterocycles. The summed E-state index contributed by atoms with van der Waals surface area (Å²) in [6.07, 6.45) is 7.75. The summed E-state index contributed by atoms with van der Waals surface area (Å²) in [6.45, 7) is 2.62. The fraction of sp³-hybridized carbons (Fsp3) is 0.650. The van der Waals surface area contributed by atoms with Crippen LogP contribution in [0, 0.1) is 6.92 Å². The molecule has 1 amide bonds. The zero-order valence-corrected chi connectivity index (χ0v) is 15.9. The van der Waals surface area contributed by atoms with E-state index in [-0.39, 0.29) is 22.3 Å². The largest absolute Gasteiger partial charge is 0.354 e. The van der Waals surface area contributed by atoms with Gasteiger partial charge in [-0.25, -0.2) is 8.42 Å². The van der Waals surface area contributed by atoms with Gasteiger partial charge in [0.25, 0.3) is 0 Å². The van der Waals surface area contributed by atoms with Crippen molar-refractivity contribution in [2.24, 2.45) is 0 Å². The minimum absolute atomic E-state index is 0.0429. The number of aryl methyl sites for hydroxylation is 1. The van der Waals surface area contributed by atoms with Crippen LogP contribution in [0.5, 0.6) is 0 Å². The molecule has 0 aromatic heterocycles. The molecule has 0 radical (unpaired) electrons. The first-order valence-corrected chi connectivity index (χ1v) is 11.2. The molecule has 1 N–H and O–H groups in total. The molecule has 2 aliphatic rings. The van der Waals surface area contributed by atoms with Gasteiger partial charge in [-0.15, -0.1) is 0 Å². The molecule has 0 heterocycles. The Bertz CT molecular complexity index is 714. The van der Waals surface area contributed by atoms with E-state index in [4.69, 9.17) is 0 Å². The van der Waals surface area contributed by atoms with Crippen LogP contribution in [0.25, 0.3) is 0 Å². The highest BCUT2D eigenvalue weighted by molar-refractivity contribution is 7.92. The van der Waals surface area contributed by atoms with Gasteiger partial charge < -0.3 is 5.32 Å². The van der Waals surface area contributed by atoms with Gasteiger partial charge in [-0.05, 0) is 38.2 Å². The normalized spacial score (nSPS) is 20.7. The Hall–Kier alpha value is -1.36. The van der Waals surface area contributed by atoms with Gasteiger partial charge >= 0.3 is 0 Å². The van der Waals surface area contributed by atoms with E-state index in [1.807, 2.05) is 0 Å². The van der Waals surface area contributed by atoms with Crippen molar-refractivity contribution in [3.05, 3.63) is 35.4 Å². The van der Waals surface area contributed by atoms with Crippen molar-refractivity contribution in [2.45, 2.75) is 69.0 Å². The standard InChI is InChI=1S/C20H29NO3S/c1-16-7-6-8-17(13-16)20(11-4-5-12-20)15-21-19(22)14-25(23,24)18-9-2-3-10-18/h6-8,13,18H,2-5,9-12,14-15H2,1H3,(H,21,22). The van der Waals surface area contributed by atoms with E-state index < -0.39 is 9.84 Å². The van der Waals surface area contributed by atoms with Crippen molar-refractivity contribution in [3.63, 3.8) is 0 Å². The average molecular weight is 364 g/mol. The second-order valence-corrected chi connectivity index (χ2v) is 10.1. The zero-order chi connectivity index (χ0) is 17.9. The predicted octanol–water partition coefficient (Wildman–Crippen LogP) is 3.28. The molecule has 2 saturated carbocycles. The number of carbonyl (C=O) groups excluding carboxylic acids is 1. The highest BCUT2D eigenvalue weighted by Crippen LogP contribution is 2.40. The number of sulfone groups is 1. The Morgan fingerprint density at radius 2 is 1.84 bits per heavy atom. The van der Waals surface area contributed by atoms with Gasteiger partial charge in [-0.2, -0.15) is 0 Å². The summed E-state index contributed by atoms with van der Waals surface area (Å²) in [4.78, 5) is 12.3. The number of hydrogen-bond acceptors (Lipinski definition) is 3. The Labute approximate surface area is 151 Å². The van der Waals surface area contributed by atoms with Crippen molar-refractivity contribution >= 4 is 15.7 Å². The molecule has 1 aromatic carbocycles. The van der Waals surface area contributed by atoms with Crippen molar-refractivity contribution in [1.82, 2.24) is 5.32 Å². The number of hydrogen-bond donors (Lipinski definition) is 1. The first kappa shape index (κ1) is 18.4. The lowest BCUT2D eigenvalue weighted by molar-refractivity contribution is -0.118. The number of benzene rings is 1. The van der Waals surface area contributed by atoms with Crippen LogP contribution in [0.2, 0.25) is 0 Å². The summed E-state index contributed by atoms with van der Waals surface area (Å²) in [5.41, 5.74) is 2.45. The van der Waals surface area contributed by atoms with Gasteiger partial charge in [-0.1, -0.05) is 55.5 Å². The molecule has 5 heteroatoms. The Balaban J connectivity index is 1.65. The lowest BCUT2D eigenvalue weighted by Gasteiger charge is -2.30. The van der Waals surface area contributed by atoms with Crippen LogP contribution in [0.4, 0.5) is 0 Å². The molecule has 2 aliphatic carbocycles.